The van der Waals surface area contributed by atoms with Crippen LogP contribution in [0.2, 0.25) is 5.02 Å². The van der Waals surface area contributed by atoms with E-state index in [1.807, 2.05) is 12.1 Å². The van der Waals surface area contributed by atoms with Crippen molar-refractivity contribution in [1.29, 1.82) is 10.5 Å². The maximum atomic E-state index is 16.3. The largest absolute Gasteiger partial charge is 0.465 e. The monoisotopic (exact) mass is 1170 g/mol. The summed E-state index contributed by atoms with van der Waals surface area (Å²) in [5.74, 6) is -1.91. The van der Waals surface area contributed by atoms with Crippen molar-refractivity contribution >= 4 is 49.9 Å². The van der Waals surface area contributed by atoms with Crippen LogP contribution in [0.15, 0.2) is 91.5 Å². The van der Waals surface area contributed by atoms with Crippen molar-refractivity contribution in [1.82, 2.24) is 34.3 Å². The van der Waals surface area contributed by atoms with Gasteiger partial charge in [0.05, 0.1) is 71.8 Å². The fourth-order valence-corrected chi connectivity index (χ4v) is 12.5. The van der Waals surface area contributed by atoms with Crippen LogP contribution in [0, 0.1) is 42.4 Å². The van der Waals surface area contributed by atoms with Crippen LogP contribution < -0.4 is 14.1 Å². The number of fused-ring (bicyclic) bond motifs is 2. The molecule has 2 saturated heterocycles. The summed E-state index contributed by atoms with van der Waals surface area (Å²) in [4.78, 5) is 32.9. The molecule has 12 atom stereocenters. The number of para-hydroxylation sites is 1. The first-order valence-electron chi connectivity index (χ1n) is 25.1. The lowest BCUT2D eigenvalue weighted by Gasteiger charge is -2.30. The molecule has 428 valence electrons. The van der Waals surface area contributed by atoms with Gasteiger partial charge in [0.25, 0.3) is 0 Å². The zero-order valence-corrected chi connectivity index (χ0v) is 47.5. The molecule has 80 heavy (non-hydrogen) atoms. The van der Waals surface area contributed by atoms with Gasteiger partial charge in [0.2, 0.25) is 11.2 Å². The molecule has 0 amide bonds. The van der Waals surface area contributed by atoms with Gasteiger partial charge < -0.3 is 38.2 Å². The molecule has 2 aliphatic rings. The van der Waals surface area contributed by atoms with Gasteiger partial charge in [-0.3, -0.25) is 18.6 Å². The van der Waals surface area contributed by atoms with Crippen LogP contribution in [0.3, 0.4) is 0 Å². The summed E-state index contributed by atoms with van der Waals surface area (Å²) in [5.41, 5.74) is -7.59. The lowest BCUT2D eigenvalue weighted by Crippen LogP contribution is -2.48. The molecule has 4 aromatic heterocycles. The van der Waals surface area contributed by atoms with Gasteiger partial charge in [0.1, 0.15) is 66.7 Å². The maximum Gasteiger partial charge on any atom is 0.459 e. The third kappa shape index (κ3) is 12.2. The summed E-state index contributed by atoms with van der Waals surface area (Å²) in [6.45, 7) is 12.2. The highest BCUT2D eigenvalue weighted by molar-refractivity contribution is 7.54. The van der Waals surface area contributed by atoms with E-state index in [0.717, 1.165) is 13.8 Å². The molecule has 0 bridgehead atoms. The molecule has 0 aliphatic carbocycles. The lowest BCUT2D eigenvalue weighted by atomic mass is 9.82. The molecular formula is C52H60ClF2N9O14P2. The lowest BCUT2D eigenvalue weighted by molar-refractivity contribution is -0.151. The number of aliphatic hydroxyl groups excluding tert-OH is 2. The number of esters is 2. The standard InChI is InChI=1S/C27H31ClFN4O7P.C25H29FN5O7P/c1-16(2)38-25(35)17(3)13-41(36,40-20-8-6-19(28)7-9-20)37-12-22-24(34)26(5,29)27(14-30,39-22)23-11-10-21-18(4)31-15-32-33(21)23;1-5-35-23(33)17(3)30-39(34,38-18-9-7-6-8-10-18)36-13-20-22(32)24(4,26)25(14-27,37-20)21-12-11-19-16(2)28-15-29-31(19)21/h6-11,15-17,22,24,34H,12-13H2,1-5H3;6-12,15,17,20,22,32H,5,13H2,1-4H3,(H,30,34)/t17-,22-,24-,26-,27+,41?;17-,20+,22+,24+,25-,39?/m10/s1. The highest BCUT2D eigenvalue weighted by Gasteiger charge is 2.68. The van der Waals surface area contributed by atoms with Crippen molar-refractivity contribution in [3.8, 4) is 23.6 Å². The number of rotatable bonds is 20. The van der Waals surface area contributed by atoms with Crippen LogP contribution in [0.5, 0.6) is 11.5 Å². The van der Waals surface area contributed by atoms with E-state index >= 15 is 8.78 Å². The molecule has 6 heterocycles. The third-order valence-electron chi connectivity index (χ3n) is 13.3. The zero-order valence-electron chi connectivity index (χ0n) is 44.9. The number of alkyl halides is 2. The number of nitrogens with zero attached hydrogens (tertiary/aromatic N) is 8. The van der Waals surface area contributed by atoms with Crippen LogP contribution in [0.1, 0.15) is 71.2 Å². The van der Waals surface area contributed by atoms with Gasteiger partial charge in [-0.2, -0.15) is 25.8 Å². The second-order valence-electron chi connectivity index (χ2n) is 19.5. The molecule has 0 spiro atoms. The summed E-state index contributed by atoms with van der Waals surface area (Å²) >= 11 is 5.94. The molecular weight excluding hydrogens is 1110 g/mol. The summed E-state index contributed by atoms with van der Waals surface area (Å²) in [6.07, 6.45) is -4.93. The number of aliphatic hydroxyl groups is 2. The molecule has 28 heteroatoms. The Hall–Kier alpha value is -6.47. The Balaban J connectivity index is 0.000000231. The van der Waals surface area contributed by atoms with Crippen molar-refractivity contribution in [3.63, 3.8) is 0 Å². The van der Waals surface area contributed by atoms with Gasteiger partial charge in [0, 0.05) is 5.02 Å². The average molecular weight is 1170 g/mol. The Bertz CT molecular complexity index is 3380. The summed E-state index contributed by atoms with van der Waals surface area (Å²) in [5, 5.41) is 53.5. The number of aryl methyl sites for hydroxylation is 2. The molecule has 0 saturated carbocycles. The number of nitrogens with one attached hydrogen (secondary N) is 1. The normalized spacial score (nSPS) is 26.7. The Labute approximate surface area is 464 Å². The molecule has 23 nitrogen and oxygen atoms in total. The van der Waals surface area contributed by atoms with Crippen molar-refractivity contribution in [2.24, 2.45) is 5.92 Å². The van der Waals surface area contributed by atoms with Crippen molar-refractivity contribution in [3.05, 3.63) is 119 Å². The fourth-order valence-electron chi connectivity index (χ4n) is 8.99. The van der Waals surface area contributed by atoms with Crippen LogP contribution in [0.4, 0.5) is 8.78 Å². The third-order valence-corrected chi connectivity index (χ3v) is 17.2. The Morgan fingerprint density at radius 2 is 1.25 bits per heavy atom. The summed E-state index contributed by atoms with van der Waals surface area (Å²) in [7, 11) is -8.48. The minimum atomic E-state index is -4.32. The highest BCUT2D eigenvalue weighted by Crippen LogP contribution is 2.55. The molecule has 3 N–H and O–H groups in total. The van der Waals surface area contributed by atoms with Crippen molar-refractivity contribution < 1.29 is 74.8 Å². The number of benzene rings is 2. The van der Waals surface area contributed by atoms with Crippen LogP contribution in [-0.4, -0.2) is 125 Å². The van der Waals surface area contributed by atoms with Crippen molar-refractivity contribution in [2.75, 3.05) is 26.0 Å². The number of hydrogen-bond acceptors (Lipinski definition) is 20. The van der Waals surface area contributed by atoms with Crippen LogP contribution >= 0.6 is 26.9 Å². The van der Waals surface area contributed by atoms with Gasteiger partial charge in [0.15, 0.2) is 11.3 Å². The van der Waals surface area contributed by atoms with E-state index in [0.29, 0.717) is 27.4 Å². The van der Waals surface area contributed by atoms with Crippen LogP contribution in [0.25, 0.3) is 11.0 Å². The second-order valence-corrected chi connectivity index (χ2v) is 23.6. The molecule has 8 rings (SSSR count). The van der Waals surface area contributed by atoms with Gasteiger partial charge >= 0.3 is 27.3 Å². The van der Waals surface area contributed by atoms with E-state index in [-0.39, 0.29) is 35.7 Å². The smallest absolute Gasteiger partial charge is 0.459 e. The minimum Gasteiger partial charge on any atom is -0.465 e. The topological polar surface area (TPSA) is 303 Å². The van der Waals surface area contributed by atoms with E-state index in [1.165, 1.54) is 84.1 Å². The number of carbonyl (C=O) groups is 2. The van der Waals surface area contributed by atoms with E-state index < -0.39 is 106 Å². The zero-order chi connectivity index (χ0) is 58.6. The number of hydrogen-bond donors (Lipinski definition) is 3. The number of carbonyl (C=O) groups excluding carboxylic acids is 2. The number of halogens is 3. The van der Waals surface area contributed by atoms with E-state index in [4.69, 9.17) is 48.6 Å². The highest BCUT2D eigenvalue weighted by atomic mass is 35.5. The second kappa shape index (κ2) is 24.3. The summed E-state index contributed by atoms with van der Waals surface area (Å²) < 4.78 is 107. The van der Waals surface area contributed by atoms with E-state index in [2.05, 4.69) is 25.3 Å². The number of nitriles is 2. The Morgan fingerprint density at radius 1 is 0.762 bits per heavy atom. The molecule has 6 aromatic rings. The molecule has 2 fully saturated rings. The predicted octanol–water partition coefficient (Wildman–Crippen LogP) is 7.76. The van der Waals surface area contributed by atoms with Gasteiger partial charge in [-0.15, -0.1) is 0 Å². The average Bonchev–Trinajstić information content (AvgIpc) is 4.17. The Morgan fingerprint density at radius 3 is 1.73 bits per heavy atom. The summed E-state index contributed by atoms with van der Waals surface area (Å²) in [6, 6.07) is 22.8. The van der Waals surface area contributed by atoms with Crippen molar-refractivity contribution in [2.45, 2.75) is 121 Å². The number of aromatic nitrogens is 6. The van der Waals surface area contributed by atoms with Gasteiger partial charge in [-0.25, -0.2) is 36.9 Å². The Kier molecular flexibility index (Phi) is 18.6. The SMILES string of the molecule is CCOC(=O)[C@H](C)NP(=O)(OC[C@H]1O[C@@](C#N)(c2ccc3c(C)ncnn23)[C@](C)(F)[C@@H]1O)Oc1ccccc1.Cc1ncnn2c([C@]3(C#N)O[C@H](COP(=O)(C[C@@H](C)C(=O)OC(C)C)Oc4ccc(Cl)cc4)[C@@H](O)[C@@]3(C)F)ccc12. The molecule has 2 unspecified atom stereocenters. The maximum absolute atomic E-state index is 16.3. The first-order chi connectivity index (χ1) is 37.7. The van der Waals surface area contributed by atoms with Crippen LogP contribution in [-0.2, 0) is 57.9 Å². The molecule has 0 radical (unpaired) electrons. The van der Waals surface area contributed by atoms with Gasteiger partial charge in [-0.05, 0) is 116 Å². The quantitative estimate of drug-likeness (QED) is 0.0485. The first kappa shape index (κ1) is 61.2. The molecule has 2 aliphatic heterocycles. The van der Waals surface area contributed by atoms with Gasteiger partial charge in [-0.1, -0.05) is 36.7 Å². The van der Waals surface area contributed by atoms with E-state index in [9.17, 15) is 39.5 Å². The predicted molar refractivity (Wildman–Crippen MR) is 282 cm³/mol. The number of ether oxygens (including phenoxy) is 4. The van der Waals surface area contributed by atoms with E-state index in [1.54, 1.807) is 65.0 Å². The molecule has 2 aromatic carbocycles. The minimum absolute atomic E-state index is 0.0369. The fraction of sp³-hybridized carbons (Fsp3) is 0.462. The first-order valence-corrected chi connectivity index (χ1v) is 28.7.